The summed E-state index contributed by atoms with van der Waals surface area (Å²) in [5, 5.41) is 2.04. The molecule has 0 atom stereocenters. The van der Waals surface area contributed by atoms with Crippen molar-refractivity contribution in [2.75, 3.05) is 0 Å². The molecule has 19 heavy (non-hydrogen) atoms. The summed E-state index contributed by atoms with van der Waals surface area (Å²) in [7, 11) is 0. The Kier molecular flexibility index (Phi) is 2.08. The van der Waals surface area contributed by atoms with E-state index in [2.05, 4.69) is 33.4 Å². The zero-order valence-corrected chi connectivity index (χ0v) is 11.5. The number of aromatic amines is 1. The van der Waals surface area contributed by atoms with Gasteiger partial charge in [0.2, 0.25) is 0 Å². The Bertz CT molecular complexity index is 897. The van der Waals surface area contributed by atoms with Gasteiger partial charge in [-0.3, -0.25) is 4.40 Å². The van der Waals surface area contributed by atoms with Crippen LogP contribution in [0.1, 0.15) is 11.3 Å². The van der Waals surface area contributed by atoms with Crippen LogP contribution in [-0.2, 0) is 0 Å². The monoisotopic (exact) mass is 268 g/mol. The highest BCUT2D eigenvalue weighted by molar-refractivity contribution is 7.15. The second-order valence-corrected chi connectivity index (χ2v) is 5.53. The fraction of sp³-hybridized carbons (Fsp3) is 0.143. The number of hydrogen-bond acceptors (Lipinski definition) is 3. The molecule has 4 aromatic rings. The van der Waals surface area contributed by atoms with Gasteiger partial charge < -0.3 is 4.98 Å². The average molecular weight is 268 g/mol. The molecule has 0 saturated carbocycles. The van der Waals surface area contributed by atoms with E-state index in [1.807, 2.05) is 24.6 Å². The molecule has 4 nitrogen and oxygen atoms in total. The fourth-order valence-electron chi connectivity index (χ4n) is 2.47. The van der Waals surface area contributed by atoms with Crippen molar-refractivity contribution in [3.8, 4) is 11.5 Å². The molecule has 3 heterocycles. The molecule has 0 radical (unpaired) electrons. The molecule has 4 rings (SSSR count). The van der Waals surface area contributed by atoms with Crippen LogP contribution < -0.4 is 0 Å². The maximum Gasteiger partial charge on any atom is 0.194 e. The zero-order valence-electron chi connectivity index (χ0n) is 10.6. The van der Waals surface area contributed by atoms with Crippen molar-refractivity contribution in [1.82, 2.24) is 19.4 Å². The van der Waals surface area contributed by atoms with Crippen molar-refractivity contribution < 1.29 is 0 Å². The molecular weight excluding hydrogens is 256 g/mol. The van der Waals surface area contributed by atoms with Crippen LogP contribution in [0.5, 0.6) is 0 Å². The van der Waals surface area contributed by atoms with E-state index in [-0.39, 0.29) is 0 Å². The van der Waals surface area contributed by atoms with Gasteiger partial charge in [-0.2, -0.15) is 0 Å². The van der Waals surface area contributed by atoms with E-state index in [1.165, 1.54) is 5.56 Å². The third-order valence-corrected chi connectivity index (χ3v) is 4.13. The number of para-hydroxylation sites is 1. The fourth-order valence-corrected chi connectivity index (χ4v) is 3.23. The summed E-state index contributed by atoms with van der Waals surface area (Å²) in [6.07, 6.45) is 2.04. The van der Waals surface area contributed by atoms with Gasteiger partial charge in [0.15, 0.2) is 10.8 Å². The van der Waals surface area contributed by atoms with Crippen LogP contribution in [0.15, 0.2) is 29.8 Å². The lowest BCUT2D eigenvalue weighted by atomic mass is 10.2. The summed E-state index contributed by atoms with van der Waals surface area (Å²) < 4.78 is 2.09. The van der Waals surface area contributed by atoms with Gasteiger partial charge in [0, 0.05) is 11.6 Å². The van der Waals surface area contributed by atoms with Gasteiger partial charge in [0.05, 0.1) is 16.7 Å². The Balaban J connectivity index is 2.06. The zero-order chi connectivity index (χ0) is 13.0. The van der Waals surface area contributed by atoms with Crippen LogP contribution in [0.3, 0.4) is 0 Å². The number of aryl methyl sites for hydroxylation is 2. The molecule has 0 amide bonds. The van der Waals surface area contributed by atoms with Crippen LogP contribution in [0.25, 0.3) is 27.5 Å². The summed E-state index contributed by atoms with van der Waals surface area (Å²) in [5.74, 6) is 0.882. The van der Waals surface area contributed by atoms with Gasteiger partial charge in [-0.05, 0) is 25.5 Å². The maximum atomic E-state index is 4.73. The quantitative estimate of drug-likeness (QED) is 0.574. The number of rotatable bonds is 1. The highest BCUT2D eigenvalue weighted by Crippen LogP contribution is 2.27. The van der Waals surface area contributed by atoms with Crippen molar-refractivity contribution in [2.45, 2.75) is 13.8 Å². The molecular formula is C14H12N4S. The minimum absolute atomic E-state index is 0.882. The predicted molar refractivity (Wildman–Crippen MR) is 77.6 cm³/mol. The number of thiazole rings is 1. The topological polar surface area (TPSA) is 46.0 Å². The van der Waals surface area contributed by atoms with Gasteiger partial charge >= 0.3 is 0 Å². The summed E-state index contributed by atoms with van der Waals surface area (Å²) in [6, 6.07) is 6.18. The molecule has 0 unspecified atom stereocenters. The third kappa shape index (κ3) is 1.45. The number of hydrogen-bond donors (Lipinski definition) is 1. The number of fused-ring (bicyclic) bond motifs is 2. The van der Waals surface area contributed by atoms with E-state index in [0.29, 0.717) is 0 Å². The van der Waals surface area contributed by atoms with Crippen molar-refractivity contribution in [1.29, 1.82) is 0 Å². The number of benzene rings is 1. The first kappa shape index (κ1) is 10.8. The van der Waals surface area contributed by atoms with Gasteiger partial charge in [-0.15, -0.1) is 11.3 Å². The van der Waals surface area contributed by atoms with E-state index in [9.17, 15) is 0 Å². The third-order valence-electron chi connectivity index (χ3n) is 3.38. The van der Waals surface area contributed by atoms with Crippen LogP contribution in [0.4, 0.5) is 0 Å². The van der Waals surface area contributed by atoms with E-state index < -0.39 is 0 Å². The molecule has 94 valence electrons. The van der Waals surface area contributed by atoms with Gasteiger partial charge in [0.25, 0.3) is 0 Å². The maximum absolute atomic E-state index is 4.73. The number of nitrogens with one attached hydrogen (secondary N) is 1. The van der Waals surface area contributed by atoms with E-state index in [0.717, 1.165) is 33.2 Å². The Morgan fingerprint density at radius 2 is 2.11 bits per heavy atom. The summed E-state index contributed by atoms with van der Waals surface area (Å²) in [6.45, 7) is 4.10. The van der Waals surface area contributed by atoms with Crippen LogP contribution in [0.2, 0.25) is 0 Å². The predicted octanol–water partition coefficient (Wildman–Crippen LogP) is 3.56. The molecule has 0 saturated heterocycles. The highest BCUT2D eigenvalue weighted by Gasteiger charge is 2.15. The minimum atomic E-state index is 0.882. The standard InChI is InChI=1S/C14H12N4S/c1-8-4-3-5-10-11(8)17-13(16-10)12-9(2)15-14-18(12)6-7-19-14/h3-7H,1-2H3,(H,16,17). The Hall–Kier alpha value is -2.14. The van der Waals surface area contributed by atoms with Crippen LogP contribution in [0, 0.1) is 13.8 Å². The second-order valence-electron chi connectivity index (χ2n) is 4.66. The van der Waals surface area contributed by atoms with E-state index in [1.54, 1.807) is 11.3 Å². The first-order chi connectivity index (χ1) is 9.24. The van der Waals surface area contributed by atoms with Crippen molar-refractivity contribution in [3.05, 3.63) is 41.0 Å². The Morgan fingerprint density at radius 3 is 2.95 bits per heavy atom. The largest absolute Gasteiger partial charge is 0.337 e. The van der Waals surface area contributed by atoms with E-state index >= 15 is 0 Å². The molecule has 1 N–H and O–H groups in total. The lowest BCUT2D eigenvalue weighted by molar-refractivity contribution is 1.17. The molecule has 1 aromatic carbocycles. The summed E-state index contributed by atoms with van der Waals surface area (Å²) in [4.78, 5) is 13.7. The average Bonchev–Trinajstić information content (AvgIpc) is 3.02. The van der Waals surface area contributed by atoms with Gasteiger partial charge in [-0.1, -0.05) is 12.1 Å². The summed E-state index contributed by atoms with van der Waals surface area (Å²) in [5.41, 5.74) is 5.33. The molecule has 0 aliphatic heterocycles. The summed E-state index contributed by atoms with van der Waals surface area (Å²) >= 11 is 1.64. The molecule has 0 spiro atoms. The smallest absolute Gasteiger partial charge is 0.194 e. The lowest BCUT2D eigenvalue weighted by Crippen LogP contribution is -1.88. The lowest BCUT2D eigenvalue weighted by Gasteiger charge is -1.95. The first-order valence-electron chi connectivity index (χ1n) is 6.12. The van der Waals surface area contributed by atoms with Crippen molar-refractivity contribution in [3.63, 3.8) is 0 Å². The number of aromatic nitrogens is 4. The van der Waals surface area contributed by atoms with Crippen LogP contribution >= 0.6 is 11.3 Å². The number of imidazole rings is 2. The van der Waals surface area contributed by atoms with Crippen molar-refractivity contribution in [2.24, 2.45) is 0 Å². The molecule has 3 aromatic heterocycles. The number of H-pyrrole nitrogens is 1. The minimum Gasteiger partial charge on any atom is -0.337 e. The van der Waals surface area contributed by atoms with Crippen LogP contribution in [-0.4, -0.2) is 19.4 Å². The molecule has 0 bridgehead atoms. The molecule has 5 heteroatoms. The molecule has 0 aliphatic rings. The first-order valence-corrected chi connectivity index (χ1v) is 7.00. The van der Waals surface area contributed by atoms with E-state index in [4.69, 9.17) is 4.98 Å². The molecule has 0 aliphatic carbocycles. The Labute approximate surface area is 113 Å². The van der Waals surface area contributed by atoms with Gasteiger partial charge in [-0.25, -0.2) is 9.97 Å². The normalized spacial score (nSPS) is 11.7. The SMILES string of the molecule is Cc1nc2sccn2c1-c1nc2c(C)cccc2[nH]1. The molecule has 0 fully saturated rings. The van der Waals surface area contributed by atoms with Crippen molar-refractivity contribution >= 4 is 27.3 Å². The highest BCUT2D eigenvalue weighted by atomic mass is 32.1. The second kappa shape index (κ2) is 3.68. The Morgan fingerprint density at radius 1 is 1.21 bits per heavy atom. The number of nitrogens with zero attached hydrogens (tertiary/aromatic N) is 3. The van der Waals surface area contributed by atoms with Gasteiger partial charge in [0.1, 0.15) is 5.69 Å².